The molecule has 2 nitrogen and oxygen atoms in total. The van der Waals surface area contributed by atoms with Crippen molar-refractivity contribution in [2.24, 2.45) is 5.92 Å². The van der Waals surface area contributed by atoms with Gasteiger partial charge in [0.15, 0.2) is 0 Å². The normalized spacial score (nSPS) is 23.2. The number of aromatic nitrogens is 2. The second-order valence-electron chi connectivity index (χ2n) is 12.1. The van der Waals surface area contributed by atoms with Crippen LogP contribution in [0, 0.1) is 5.92 Å². The summed E-state index contributed by atoms with van der Waals surface area (Å²) in [5.74, 6) is 0.214. The molecule has 2 aromatic heterocycles. The van der Waals surface area contributed by atoms with Gasteiger partial charge in [0, 0.05) is 59.8 Å². The van der Waals surface area contributed by atoms with E-state index in [0.29, 0.717) is 0 Å². The molecule has 0 bridgehead atoms. The van der Waals surface area contributed by atoms with Gasteiger partial charge < -0.3 is 9.97 Å². The third-order valence-corrected chi connectivity index (χ3v) is 11.0. The minimum atomic E-state index is -0.297. The SMILES string of the molecule is CC12c3ccccc3C3(c4ccccc4-c4c3ccc3c4[nH]c4ccc(Br)cc43)C1C=Cc1c2[nH]c2ccccc12. The molecule has 0 saturated heterocycles. The summed E-state index contributed by atoms with van der Waals surface area (Å²) in [7, 11) is 0. The van der Waals surface area contributed by atoms with Crippen molar-refractivity contribution in [2.75, 3.05) is 0 Å². The lowest BCUT2D eigenvalue weighted by molar-refractivity contribution is 0.357. The van der Waals surface area contributed by atoms with Crippen molar-refractivity contribution >= 4 is 54.7 Å². The molecule has 5 aromatic carbocycles. The summed E-state index contributed by atoms with van der Waals surface area (Å²) < 4.78 is 1.10. The van der Waals surface area contributed by atoms with Gasteiger partial charge in [-0.05, 0) is 59.0 Å². The fourth-order valence-electron chi connectivity index (χ4n) is 8.98. The molecule has 7 aromatic rings. The molecule has 3 aliphatic carbocycles. The van der Waals surface area contributed by atoms with Gasteiger partial charge in [-0.2, -0.15) is 0 Å². The number of halogens is 1. The minimum Gasteiger partial charge on any atom is -0.357 e. The molecule has 3 heteroatoms. The van der Waals surface area contributed by atoms with Crippen molar-refractivity contribution < 1.29 is 0 Å². The van der Waals surface area contributed by atoms with Crippen molar-refractivity contribution in [3.63, 3.8) is 0 Å². The first kappa shape index (κ1) is 22.4. The molecule has 2 heterocycles. The summed E-state index contributed by atoms with van der Waals surface area (Å²) in [6, 6.07) is 38.5. The van der Waals surface area contributed by atoms with Gasteiger partial charge >= 0.3 is 0 Å². The Balaban J connectivity index is 1.37. The smallest absolute Gasteiger partial charge is 0.0547 e. The maximum atomic E-state index is 3.91. The second kappa shape index (κ2) is 7.29. The van der Waals surface area contributed by atoms with Gasteiger partial charge in [0.05, 0.1) is 10.9 Å². The predicted molar refractivity (Wildman–Crippen MR) is 173 cm³/mol. The van der Waals surface area contributed by atoms with Gasteiger partial charge in [-0.15, -0.1) is 0 Å². The standard InChI is InChI=1S/C38H25BrN2/c1-37-28-11-5-6-12-29(28)38(33(37)19-16-24-22-8-3-7-13-31(22)41-36(24)37)27-10-4-2-9-25(27)34-30(38)17-15-23-26-20-21(39)14-18-32(26)40-35(23)34/h2-20,33,40-41H,1H3. The lowest BCUT2D eigenvalue weighted by atomic mass is 9.60. The molecule has 1 spiro atoms. The maximum absolute atomic E-state index is 3.91. The average molecular weight is 590 g/mol. The number of benzene rings is 5. The molecule has 0 radical (unpaired) electrons. The van der Waals surface area contributed by atoms with Gasteiger partial charge in [-0.1, -0.05) is 107 Å². The van der Waals surface area contributed by atoms with E-state index in [1.165, 1.54) is 77.3 Å². The number of nitrogens with one attached hydrogen (secondary N) is 2. The van der Waals surface area contributed by atoms with Crippen LogP contribution in [0.4, 0.5) is 0 Å². The van der Waals surface area contributed by atoms with Crippen LogP contribution in [0.3, 0.4) is 0 Å². The van der Waals surface area contributed by atoms with Crippen LogP contribution in [-0.2, 0) is 10.8 Å². The molecular weight excluding hydrogens is 564 g/mol. The Morgan fingerprint density at radius 1 is 0.659 bits per heavy atom. The molecular formula is C38H25BrN2. The van der Waals surface area contributed by atoms with Gasteiger partial charge in [-0.3, -0.25) is 0 Å². The molecule has 194 valence electrons. The zero-order valence-corrected chi connectivity index (χ0v) is 24.0. The third-order valence-electron chi connectivity index (χ3n) is 10.5. The van der Waals surface area contributed by atoms with E-state index in [0.717, 1.165) is 4.47 Å². The summed E-state index contributed by atoms with van der Waals surface area (Å²) in [5, 5.41) is 3.83. The minimum absolute atomic E-state index is 0.214. The van der Waals surface area contributed by atoms with Crippen LogP contribution in [0.15, 0.2) is 114 Å². The van der Waals surface area contributed by atoms with Crippen molar-refractivity contribution in [3.8, 4) is 11.1 Å². The first-order chi connectivity index (χ1) is 20.1. The monoisotopic (exact) mass is 588 g/mol. The van der Waals surface area contributed by atoms with E-state index < -0.39 is 0 Å². The summed E-state index contributed by atoms with van der Waals surface area (Å²) in [6.07, 6.45) is 4.93. The summed E-state index contributed by atoms with van der Waals surface area (Å²) >= 11 is 3.70. The largest absolute Gasteiger partial charge is 0.357 e. The van der Waals surface area contributed by atoms with E-state index >= 15 is 0 Å². The van der Waals surface area contributed by atoms with Gasteiger partial charge in [0.2, 0.25) is 0 Å². The van der Waals surface area contributed by atoms with Crippen LogP contribution in [-0.4, -0.2) is 9.97 Å². The predicted octanol–water partition coefficient (Wildman–Crippen LogP) is 9.84. The Hall–Kier alpha value is -4.34. The topological polar surface area (TPSA) is 31.6 Å². The molecule has 0 amide bonds. The number of rotatable bonds is 0. The van der Waals surface area contributed by atoms with Crippen molar-refractivity contribution in [1.82, 2.24) is 9.97 Å². The molecule has 3 unspecified atom stereocenters. The van der Waals surface area contributed by atoms with Crippen LogP contribution in [0.25, 0.3) is 49.9 Å². The highest BCUT2D eigenvalue weighted by atomic mass is 79.9. The van der Waals surface area contributed by atoms with Crippen LogP contribution in [0.2, 0.25) is 0 Å². The number of para-hydroxylation sites is 1. The fraction of sp³-hybridized carbons (Fsp3) is 0.105. The van der Waals surface area contributed by atoms with Crippen LogP contribution >= 0.6 is 15.9 Å². The quantitative estimate of drug-likeness (QED) is 0.177. The van der Waals surface area contributed by atoms with E-state index in [4.69, 9.17) is 0 Å². The van der Waals surface area contributed by atoms with Crippen LogP contribution < -0.4 is 0 Å². The van der Waals surface area contributed by atoms with Gasteiger partial charge in [0.25, 0.3) is 0 Å². The number of hydrogen-bond donors (Lipinski definition) is 2. The Morgan fingerprint density at radius 3 is 2.32 bits per heavy atom. The van der Waals surface area contributed by atoms with Crippen LogP contribution in [0.1, 0.15) is 40.4 Å². The summed E-state index contributed by atoms with van der Waals surface area (Å²) in [5.41, 5.74) is 14.1. The molecule has 41 heavy (non-hydrogen) atoms. The Labute approximate surface area is 245 Å². The molecule has 0 fully saturated rings. The number of fused-ring (bicyclic) bond motifs is 18. The van der Waals surface area contributed by atoms with E-state index in [9.17, 15) is 0 Å². The lowest BCUT2D eigenvalue weighted by Crippen LogP contribution is -2.41. The third kappa shape index (κ3) is 2.40. The van der Waals surface area contributed by atoms with E-state index in [1.54, 1.807) is 0 Å². The van der Waals surface area contributed by atoms with E-state index in [-0.39, 0.29) is 16.7 Å². The molecule has 0 aliphatic heterocycles. The summed E-state index contributed by atoms with van der Waals surface area (Å²) in [6.45, 7) is 2.47. The fourth-order valence-corrected chi connectivity index (χ4v) is 9.34. The first-order valence-electron chi connectivity index (χ1n) is 14.4. The number of allylic oxidation sites excluding steroid dienone is 1. The average Bonchev–Trinajstić information content (AvgIpc) is 3.71. The van der Waals surface area contributed by atoms with E-state index in [2.05, 4.69) is 148 Å². The molecule has 0 saturated carbocycles. The lowest BCUT2D eigenvalue weighted by Gasteiger charge is -2.42. The van der Waals surface area contributed by atoms with Gasteiger partial charge in [-0.25, -0.2) is 0 Å². The first-order valence-corrected chi connectivity index (χ1v) is 15.1. The highest BCUT2D eigenvalue weighted by molar-refractivity contribution is 9.10. The summed E-state index contributed by atoms with van der Waals surface area (Å²) in [4.78, 5) is 7.76. The zero-order valence-electron chi connectivity index (χ0n) is 22.4. The zero-order chi connectivity index (χ0) is 27.1. The van der Waals surface area contributed by atoms with E-state index in [1.807, 2.05) is 0 Å². The molecule has 3 aliphatic rings. The molecule has 10 rings (SSSR count). The maximum Gasteiger partial charge on any atom is 0.0547 e. The number of H-pyrrole nitrogens is 2. The Bertz CT molecular complexity index is 2320. The highest BCUT2D eigenvalue weighted by Gasteiger charge is 2.63. The molecule has 2 N–H and O–H groups in total. The van der Waals surface area contributed by atoms with Crippen molar-refractivity contribution in [1.29, 1.82) is 0 Å². The Kier molecular flexibility index (Phi) is 3.98. The van der Waals surface area contributed by atoms with Crippen LogP contribution in [0.5, 0.6) is 0 Å². The van der Waals surface area contributed by atoms with Gasteiger partial charge in [0.1, 0.15) is 0 Å². The molecule has 3 atom stereocenters. The number of aromatic amines is 2. The Morgan fingerprint density at radius 2 is 1.41 bits per heavy atom. The highest BCUT2D eigenvalue weighted by Crippen LogP contribution is 2.69. The second-order valence-corrected chi connectivity index (χ2v) is 13.0. The van der Waals surface area contributed by atoms with Crippen molar-refractivity contribution in [3.05, 3.63) is 147 Å². The number of hydrogen-bond acceptors (Lipinski definition) is 0. The van der Waals surface area contributed by atoms with Crippen molar-refractivity contribution in [2.45, 2.75) is 17.8 Å².